The molecule has 136 heavy (non-hydrogen) atoms. The van der Waals surface area contributed by atoms with Crippen LogP contribution in [-0.2, 0) is 0 Å². The van der Waals surface area contributed by atoms with E-state index in [2.05, 4.69) is 581 Å². The van der Waals surface area contributed by atoms with Crippen molar-refractivity contribution in [3.05, 3.63) is 563 Å². The summed E-state index contributed by atoms with van der Waals surface area (Å²) in [6, 6.07) is 196. The van der Waals surface area contributed by atoms with Crippen molar-refractivity contribution >= 4 is 94.3 Å². The average molecular weight is 1740 g/mol. The fourth-order valence-corrected chi connectivity index (χ4v) is 19.2. The van der Waals surface area contributed by atoms with E-state index >= 15 is 0 Å². The van der Waals surface area contributed by atoms with Gasteiger partial charge in [0.25, 0.3) is 0 Å². The number of hydrogen-bond acceptors (Lipinski definition) is 3. The number of nitrogens with zero attached hydrogens (tertiary/aromatic N) is 3. The second kappa shape index (κ2) is 39.3. The second-order valence-electron chi connectivity index (χ2n) is 34.8. The first-order valence-electron chi connectivity index (χ1n) is 46.8. The zero-order valence-electron chi connectivity index (χ0n) is 76.3. The van der Waals surface area contributed by atoms with Gasteiger partial charge in [-0.25, -0.2) is 0 Å². The maximum atomic E-state index is 2.36. The van der Waals surface area contributed by atoms with Crippen LogP contribution >= 0.6 is 0 Å². The van der Waals surface area contributed by atoms with E-state index in [1.807, 2.05) is 0 Å². The smallest absolute Gasteiger partial charge is 0.0490 e. The first-order chi connectivity index (χ1) is 67.2. The summed E-state index contributed by atoms with van der Waals surface area (Å²) in [6.45, 7) is 6.57. The highest BCUT2D eigenvalue weighted by molar-refractivity contribution is 6.01. The molecule has 0 spiro atoms. The van der Waals surface area contributed by atoms with Crippen LogP contribution in [0.4, 0.5) is 51.2 Å². The van der Waals surface area contributed by atoms with Crippen molar-refractivity contribution in [2.24, 2.45) is 0 Å². The monoisotopic (exact) mass is 1740 g/mol. The van der Waals surface area contributed by atoms with Crippen LogP contribution in [0.15, 0.2) is 546 Å². The molecule has 0 aliphatic rings. The van der Waals surface area contributed by atoms with Gasteiger partial charge in [-0.2, -0.15) is 0 Å². The molecule has 3 heteroatoms. The van der Waals surface area contributed by atoms with Gasteiger partial charge in [0.2, 0.25) is 0 Å². The summed E-state index contributed by atoms with van der Waals surface area (Å²) in [5.74, 6) is 0. The third-order valence-electron chi connectivity index (χ3n) is 26.3. The lowest BCUT2D eigenvalue weighted by Gasteiger charge is -2.27. The molecule has 0 aromatic heterocycles. The molecule has 0 amide bonds. The van der Waals surface area contributed by atoms with Crippen LogP contribution in [0.3, 0.4) is 0 Å². The standard InChI is InChI=1S/C57H41N.C41H31N.C35H27N/c1-40-39-52(37-38-53(40)47-25-27-49(28-26-47)57-20-10-16-46-14-6-8-18-55(46)57)58(50-33-29-43(30-34-50)41-11-3-2-4-12-41)51-35-31-44(32-36-51)42-21-23-48(24-22-42)56-19-9-15-45-13-5-7-17-54(45)56;1-30-10-5-8-17-41(30)42(37-26-22-33(23-27-37)31-11-3-2-4-12-31)38-28-24-34(25-29-38)32-18-20-36(21-19-32)40-16-9-14-35-13-6-7-15-39(35)40;1-26-10-5-8-17-35(26)36(31-22-18-28(19-23-31)27-11-3-2-4-12-27)32-24-20-30(21-25-32)34-16-9-14-29-13-6-7-15-33(29)34/h2-39H,1H3;2-29H,1H3;2-25H,1H3. The first-order valence-corrected chi connectivity index (χ1v) is 46.8. The summed E-state index contributed by atoms with van der Waals surface area (Å²) in [6.07, 6.45) is 0. The number of hydrogen-bond donors (Lipinski definition) is 0. The molecule has 23 aromatic carbocycles. The Kier molecular flexibility index (Phi) is 24.6. The van der Waals surface area contributed by atoms with Gasteiger partial charge in [-0.05, 0) is 289 Å². The summed E-state index contributed by atoms with van der Waals surface area (Å²) in [7, 11) is 0. The molecule has 0 bridgehead atoms. The molecule has 0 unspecified atom stereocenters. The fraction of sp³-hybridized carbons (Fsp3) is 0.0226. The highest BCUT2D eigenvalue weighted by Gasteiger charge is 2.21. The van der Waals surface area contributed by atoms with Gasteiger partial charge in [-0.15, -0.1) is 0 Å². The van der Waals surface area contributed by atoms with Crippen molar-refractivity contribution in [3.8, 4) is 111 Å². The molecule has 0 saturated carbocycles. The summed E-state index contributed by atoms with van der Waals surface area (Å²) in [5, 5.41) is 10.2. The zero-order valence-corrected chi connectivity index (χ0v) is 76.3. The van der Waals surface area contributed by atoms with E-state index in [-0.39, 0.29) is 0 Å². The SMILES string of the molecule is Cc1cc(N(c2ccc(-c3ccccc3)cc2)c2ccc(-c3ccc(-c4cccc5ccccc45)cc3)cc2)ccc1-c1ccc(-c2cccc3ccccc23)cc1.Cc1ccccc1N(c1ccc(-c2ccccc2)cc1)c1ccc(-c2ccc(-c3cccc4ccccc34)cc2)cc1.Cc1ccccc1N(c1ccc(-c2ccccc2)cc1)c1ccc(-c2cccc3ccccc23)cc1. The van der Waals surface area contributed by atoms with Crippen LogP contribution in [0.25, 0.3) is 154 Å². The predicted molar refractivity (Wildman–Crippen MR) is 582 cm³/mol. The van der Waals surface area contributed by atoms with Crippen LogP contribution in [-0.4, -0.2) is 0 Å². The normalized spacial score (nSPS) is 11.1. The van der Waals surface area contributed by atoms with Crippen LogP contribution in [0.1, 0.15) is 16.7 Å². The van der Waals surface area contributed by atoms with Crippen LogP contribution < -0.4 is 14.7 Å². The molecule has 0 heterocycles. The number of aryl methyl sites for hydroxylation is 3. The topological polar surface area (TPSA) is 9.72 Å². The van der Waals surface area contributed by atoms with Gasteiger partial charge in [-0.1, -0.05) is 449 Å². The van der Waals surface area contributed by atoms with Crippen molar-refractivity contribution in [3.63, 3.8) is 0 Å². The Morgan fingerprint density at radius 2 is 0.309 bits per heavy atom. The minimum Gasteiger partial charge on any atom is -0.310 e. The molecule has 0 fully saturated rings. The third kappa shape index (κ3) is 18.3. The minimum absolute atomic E-state index is 1.11. The number of anilines is 9. The minimum atomic E-state index is 1.11. The van der Waals surface area contributed by atoms with Gasteiger partial charge in [0.15, 0.2) is 0 Å². The summed E-state index contributed by atoms with van der Waals surface area (Å²) in [5.41, 5.74) is 38.4. The maximum absolute atomic E-state index is 2.36. The molecule has 646 valence electrons. The summed E-state index contributed by atoms with van der Waals surface area (Å²) >= 11 is 0. The predicted octanol–water partition coefficient (Wildman–Crippen LogP) is 37.7. The number of fused-ring (bicyclic) bond motifs is 4. The molecule has 0 saturated heterocycles. The lowest BCUT2D eigenvalue weighted by atomic mass is 9.94. The molecule has 23 rings (SSSR count). The van der Waals surface area contributed by atoms with E-state index < -0.39 is 0 Å². The number of benzene rings is 23. The molecule has 0 aliphatic carbocycles. The van der Waals surface area contributed by atoms with E-state index in [9.17, 15) is 0 Å². The van der Waals surface area contributed by atoms with Gasteiger partial charge >= 0.3 is 0 Å². The Morgan fingerprint density at radius 1 is 0.118 bits per heavy atom. The van der Waals surface area contributed by atoms with E-state index in [0.29, 0.717) is 0 Å². The molecular formula is C133H99N3. The Morgan fingerprint density at radius 3 is 0.574 bits per heavy atom. The zero-order chi connectivity index (χ0) is 91.5. The van der Waals surface area contributed by atoms with Crippen molar-refractivity contribution in [2.45, 2.75) is 20.8 Å². The average Bonchev–Trinajstić information content (AvgIpc) is 0.755. The van der Waals surface area contributed by atoms with E-state index in [1.165, 1.54) is 182 Å². The summed E-state index contributed by atoms with van der Waals surface area (Å²) < 4.78 is 0. The van der Waals surface area contributed by atoms with E-state index in [4.69, 9.17) is 0 Å². The Bertz CT molecular complexity index is 8060. The molecule has 0 radical (unpaired) electrons. The van der Waals surface area contributed by atoms with Gasteiger partial charge in [0, 0.05) is 51.2 Å². The van der Waals surface area contributed by atoms with Gasteiger partial charge < -0.3 is 14.7 Å². The van der Waals surface area contributed by atoms with Gasteiger partial charge in [-0.3, -0.25) is 0 Å². The highest BCUT2D eigenvalue weighted by atomic mass is 15.2. The Balaban J connectivity index is 0.000000126. The lowest BCUT2D eigenvalue weighted by molar-refractivity contribution is 1.25. The van der Waals surface area contributed by atoms with Crippen molar-refractivity contribution < 1.29 is 0 Å². The van der Waals surface area contributed by atoms with Crippen molar-refractivity contribution in [1.82, 2.24) is 0 Å². The number of para-hydroxylation sites is 2. The first kappa shape index (κ1) is 85.3. The quantitative estimate of drug-likeness (QED) is 0.0799. The Hall–Kier alpha value is -17.5. The van der Waals surface area contributed by atoms with Gasteiger partial charge in [0.05, 0.1) is 0 Å². The molecule has 0 atom stereocenters. The fourth-order valence-electron chi connectivity index (χ4n) is 19.2. The summed E-state index contributed by atoms with van der Waals surface area (Å²) in [4.78, 5) is 7.05. The van der Waals surface area contributed by atoms with Crippen LogP contribution in [0, 0.1) is 20.8 Å². The molecule has 0 N–H and O–H groups in total. The Labute approximate surface area is 798 Å². The van der Waals surface area contributed by atoms with Crippen molar-refractivity contribution in [1.29, 1.82) is 0 Å². The van der Waals surface area contributed by atoms with Gasteiger partial charge in [0.1, 0.15) is 0 Å². The second-order valence-corrected chi connectivity index (χ2v) is 34.8. The van der Waals surface area contributed by atoms with E-state index in [0.717, 1.165) is 39.8 Å². The molecule has 0 aliphatic heterocycles. The lowest BCUT2D eigenvalue weighted by Crippen LogP contribution is -2.11. The third-order valence-corrected chi connectivity index (χ3v) is 26.3. The molecule has 3 nitrogen and oxygen atoms in total. The van der Waals surface area contributed by atoms with Crippen LogP contribution in [0.2, 0.25) is 0 Å². The molecule has 23 aromatic rings. The van der Waals surface area contributed by atoms with Crippen molar-refractivity contribution in [2.75, 3.05) is 14.7 Å². The van der Waals surface area contributed by atoms with Crippen LogP contribution in [0.5, 0.6) is 0 Å². The largest absolute Gasteiger partial charge is 0.310 e. The molecular weight excluding hydrogens is 1640 g/mol. The number of rotatable bonds is 19. The highest BCUT2D eigenvalue weighted by Crippen LogP contribution is 2.45. The van der Waals surface area contributed by atoms with E-state index in [1.54, 1.807) is 0 Å². The maximum Gasteiger partial charge on any atom is 0.0490 e.